The number of alkyl halides is 3. The molecule has 120 valence electrons. The quantitative estimate of drug-likeness (QED) is 0.699. The number of halogens is 3. The maximum absolute atomic E-state index is 12.6. The van der Waals surface area contributed by atoms with E-state index >= 15 is 0 Å². The number of unbranched alkanes of at least 4 members (excludes halogenated alkanes) is 1. The molecule has 1 heterocycles. The van der Waals surface area contributed by atoms with E-state index in [-0.39, 0.29) is 6.04 Å². The van der Waals surface area contributed by atoms with Crippen molar-refractivity contribution in [2.45, 2.75) is 65.2 Å². The van der Waals surface area contributed by atoms with Crippen LogP contribution in [0.15, 0.2) is 18.3 Å². The number of rotatable bonds is 7. The standard InChI is InChI=1S/C16H25F3N2/c1-5-7-10-21(12(3)6-2)13(4)14-8-9-15(20-11-14)16(17,18)19/h8-9,11-13H,5-7,10H2,1-4H3/t12-,13?/m0/s1. The second-order valence-electron chi connectivity index (χ2n) is 5.50. The van der Waals surface area contributed by atoms with Crippen molar-refractivity contribution in [2.24, 2.45) is 0 Å². The Kier molecular flexibility index (Phi) is 6.65. The highest BCUT2D eigenvalue weighted by molar-refractivity contribution is 5.19. The lowest BCUT2D eigenvalue weighted by Crippen LogP contribution is -2.36. The minimum Gasteiger partial charge on any atom is -0.294 e. The Labute approximate surface area is 125 Å². The molecule has 0 aliphatic carbocycles. The predicted octanol–water partition coefficient (Wildman–Crippen LogP) is 5.06. The predicted molar refractivity (Wildman–Crippen MR) is 79.0 cm³/mol. The molecule has 0 N–H and O–H groups in total. The maximum atomic E-state index is 12.6. The van der Waals surface area contributed by atoms with Gasteiger partial charge in [-0.05, 0) is 44.9 Å². The first-order valence-corrected chi connectivity index (χ1v) is 7.60. The molecule has 0 bridgehead atoms. The molecule has 0 radical (unpaired) electrons. The first-order valence-electron chi connectivity index (χ1n) is 7.60. The van der Waals surface area contributed by atoms with Crippen LogP contribution in [0.2, 0.25) is 0 Å². The van der Waals surface area contributed by atoms with Gasteiger partial charge in [-0.1, -0.05) is 26.3 Å². The molecule has 2 atom stereocenters. The van der Waals surface area contributed by atoms with Crippen molar-refractivity contribution in [3.05, 3.63) is 29.6 Å². The SMILES string of the molecule is CCCCN(C(C)c1ccc(C(F)(F)F)nc1)[C@@H](C)CC. The summed E-state index contributed by atoms with van der Waals surface area (Å²) in [5.41, 5.74) is 0.00139. The van der Waals surface area contributed by atoms with Gasteiger partial charge >= 0.3 is 6.18 Å². The van der Waals surface area contributed by atoms with Gasteiger partial charge in [-0.3, -0.25) is 9.88 Å². The lowest BCUT2D eigenvalue weighted by atomic mass is 10.0. The van der Waals surface area contributed by atoms with Gasteiger partial charge in [0.15, 0.2) is 0 Å². The number of hydrogen-bond donors (Lipinski definition) is 0. The van der Waals surface area contributed by atoms with Crippen LogP contribution in [0, 0.1) is 0 Å². The van der Waals surface area contributed by atoms with Crippen molar-refractivity contribution in [2.75, 3.05) is 6.54 Å². The number of pyridine rings is 1. The van der Waals surface area contributed by atoms with Crippen LogP contribution in [0.1, 0.15) is 64.3 Å². The van der Waals surface area contributed by atoms with Crippen LogP contribution in [-0.4, -0.2) is 22.5 Å². The second-order valence-corrected chi connectivity index (χ2v) is 5.50. The van der Waals surface area contributed by atoms with Crippen LogP contribution in [-0.2, 0) is 6.18 Å². The molecule has 0 saturated carbocycles. The van der Waals surface area contributed by atoms with Crippen molar-refractivity contribution >= 4 is 0 Å². The summed E-state index contributed by atoms with van der Waals surface area (Å²) in [5.74, 6) is 0. The van der Waals surface area contributed by atoms with E-state index in [0.29, 0.717) is 6.04 Å². The van der Waals surface area contributed by atoms with Crippen LogP contribution in [0.5, 0.6) is 0 Å². The molecule has 0 amide bonds. The van der Waals surface area contributed by atoms with Gasteiger partial charge in [-0.15, -0.1) is 0 Å². The van der Waals surface area contributed by atoms with Gasteiger partial charge in [-0.2, -0.15) is 13.2 Å². The third-order valence-corrected chi connectivity index (χ3v) is 3.98. The summed E-state index contributed by atoms with van der Waals surface area (Å²) in [7, 11) is 0. The summed E-state index contributed by atoms with van der Waals surface area (Å²) in [6.07, 6.45) is 0.185. The molecule has 1 aromatic heterocycles. The summed E-state index contributed by atoms with van der Waals surface area (Å²) in [6.45, 7) is 9.41. The highest BCUT2D eigenvalue weighted by atomic mass is 19.4. The van der Waals surface area contributed by atoms with Crippen molar-refractivity contribution in [1.29, 1.82) is 0 Å². The van der Waals surface area contributed by atoms with Gasteiger partial charge in [0.1, 0.15) is 5.69 Å². The fourth-order valence-corrected chi connectivity index (χ4v) is 2.38. The summed E-state index contributed by atoms with van der Waals surface area (Å²) >= 11 is 0. The van der Waals surface area contributed by atoms with Gasteiger partial charge < -0.3 is 0 Å². The van der Waals surface area contributed by atoms with E-state index in [4.69, 9.17) is 0 Å². The Morgan fingerprint density at radius 1 is 1.19 bits per heavy atom. The maximum Gasteiger partial charge on any atom is 0.433 e. The summed E-state index contributed by atoms with van der Waals surface area (Å²) in [5, 5.41) is 0. The van der Waals surface area contributed by atoms with E-state index in [0.717, 1.165) is 37.4 Å². The normalized spacial score (nSPS) is 15.2. The van der Waals surface area contributed by atoms with Gasteiger partial charge in [0, 0.05) is 18.3 Å². The molecule has 1 unspecified atom stereocenters. The molecule has 0 fully saturated rings. The summed E-state index contributed by atoms with van der Waals surface area (Å²) in [6, 6.07) is 3.08. The van der Waals surface area contributed by atoms with E-state index in [1.807, 2.05) is 6.92 Å². The Morgan fingerprint density at radius 3 is 2.29 bits per heavy atom. The molecule has 1 rings (SSSR count). The van der Waals surface area contributed by atoms with E-state index in [2.05, 4.69) is 30.7 Å². The second kappa shape index (κ2) is 7.78. The van der Waals surface area contributed by atoms with E-state index < -0.39 is 11.9 Å². The molecule has 2 nitrogen and oxygen atoms in total. The third kappa shape index (κ3) is 4.99. The molecule has 1 aromatic rings. The van der Waals surface area contributed by atoms with E-state index in [1.165, 1.54) is 6.20 Å². The topological polar surface area (TPSA) is 16.1 Å². The highest BCUT2D eigenvalue weighted by Gasteiger charge is 2.32. The molecule has 5 heteroatoms. The number of nitrogens with zero attached hydrogens (tertiary/aromatic N) is 2. The van der Waals surface area contributed by atoms with E-state index in [9.17, 15) is 13.2 Å². The van der Waals surface area contributed by atoms with Crippen molar-refractivity contribution in [3.63, 3.8) is 0 Å². The molecule has 0 saturated heterocycles. The first-order chi connectivity index (χ1) is 9.81. The average molecular weight is 302 g/mol. The van der Waals surface area contributed by atoms with Crippen LogP contribution in [0.4, 0.5) is 13.2 Å². The van der Waals surface area contributed by atoms with Crippen LogP contribution in [0.25, 0.3) is 0 Å². The lowest BCUT2D eigenvalue weighted by Gasteiger charge is -2.34. The fourth-order valence-electron chi connectivity index (χ4n) is 2.38. The molecule has 0 aromatic carbocycles. The lowest BCUT2D eigenvalue weighted by molar-refractivity contribution is -0.141. The van der Waals surface area contributed by atoms with Gasteiger partial charge in [0.2, 0.25) is 0 Å². The zero-order chi connectivity index (χ0) is 16.0. The third-order valence-electron chi connectivity index (χ3n) is 3.98. The van der Waals surface area contributed by atoms with Crippen molar-refractivity contribution < 1.29 is 13.2 Å². The van der Waals surface area contributed by atoms with Crippen molar-refractivity contribution in [3.8, 4) is 0 Å². The van der Waals surface area contributed by atoms with Crippen LogP contribution in [0.3, 0.4) is 0 Å². The summed E-state index contributed by atoms with van der Waals surface area (Å²) in [4.78, 5) is 5.91. The average Bonchev–Trinajstić information content (AvgIpc) is 2.46. The Balaban J connectivity index is 2.90. The minimum atomic E-state index is -4.37. The Bertz CT molecular complexity index is 415. The molecular weight excluding hydrogens is 277 g/mol. The fraction of sp³-hybridized carbons (Fsp3) is 0.688. The zero-order valence-electron chi connectivity index (χ0n) is 13.2. The minimum absolute atomic E-state index is 0.0706. The smallest absolute Gasteiger partial charge is 0.294 e. The Morgan fingerprint density at radius 2 is 1.86 bits per heavy atom. The molecule has 0 aliphatic heterocycles. The number of hydrogen-bond acceptors (Lipinski definition) is 2. The molecular formula is C16H25F3N2. The zero-order valence-corrected chi connectivity index (χ0v) is 13.2. The van der Waals surface area contributed by atoms with Crippen LogP contribution >= 0.6 is 0 Å². The monoisotopic (exact) mass is 302 g/mol. The summed E-state index contributed by atoms with van der Waals surface area (Å²) < 4.78 is 37.7. The van der Waals surface area contributed by atoms with Crippen LogP contribution < -0.4 is 0 Å². The largest absolute Gasteiger partial charge is 0.433 e. The van der Waals surface area contributed by atoms with Gasteiger partial charge in [0.05, 0.1) is 0 Å². The number of aromatic nitrogens is 1. The molecule has 21 heavy (non-hydrogen) atoms. The molecule has 0 aliphatic rings. The van der Waals surface area contributed by atoms with Gasteiger partial charge in [-0.25, -0.2) is 0 Å². The van der Waals surface area contributed by atoms with Gasteiger partial charge in [0.25, 0.3) is 0 Å². The Hall–Kier alpha value is -1.10. The van der Waals surface area contributed by atoms with E-state index in [1.54, 1.807) is 6.07 Å². The van der Waals surface area contributed by atoms with Crippen molar-refractivity contribution in [1.82, 2.24) is 9.88 Å². The first kappa shape index (κ1) is 18.0. The molecule has 0 spiro atoms. The highest BCUT2D eigenvalue weighted by Crippen LogP contribution is 2.29.